The topological polar surface area (TPSA) is 68.1 Å². The largest absolute Gasteiger partial charge is 0.505 e. The van der Waals surface area contributed by atoms with Gasteiger partial charge in [-0.15, -0.1) is 5.10 Å². The van der Waals surface area contributed by atoms with Gasteiger partial charge in [0.05, 0.1) is 22.0 Å². The second-order valence-corrected chi connectivity index (χ2v) is 7.37. The summed E-state index contributed by atoms with van der Waals surface area (Å²) in [5, 5.41) is 20.9. The molecule has 1 aromatic heterocycles. The summed E-state index contributed by atoms with van der Waals surface area (Å²) < 4.78 is 5.71. The van der Waals surface area contributed by atoms with E-state index in [2.05, 4.69) is 33.4 Å². The van der Waals surface area contributed by atoms with Gasteiger partial charge in [-0.25, -0.2) is 4.98 Å². The highest BCUT2D eigenvalue weighted by atomic mass is 35.5. The number of allylic oxidation sites excluding steroid dienone is 3. The molecular formula is C22H21Cl2N3O2. The average Bonchev–Trinajstić information content (AvgIpc) is 2.76. The Balaban J connectivity index is 1.68. The number of halogens is 2. The summed E-state index contributed by atoms with van der Waals surface area (Å²) in [5.74, 6) is -0.336. The van der Waals surface area contributed by atoms with Crippen molar-refractivity contribution in [2.45, 2.75) is 32.8 Å². The normalized spacial score (nSPS) is 13.9. The number of rotatable bonds is 7. The molecule has 7 heteroatoms. The second kappa shape index (κ2) is 9.72. The van der Waals surface area contributed by atoms with Crippen molar-refractivity contribution in [1.29, 1.82) is 0 Å². The first-order chi connectivity index (χ1) is 14.0. The molecule has 0 saturated carbocycles. The lowest BCUT2D eigenvalue weighted by molar-refractivity contribution is 0.277. The minimum Gasteiger partial charge on any atom is -0.505 e. The minimum absolute atomic E-state index is 0.126. The molecule has 2 aromatic carbocycles. The molecule has 0 radical (unpaired) electrons. The molecule has 0 saturated heterocycles. The van der Waals surface area contributed by atoms with E-state index in [4.69, 9.17) is 27.9 Å². The maximum Gasteiger partial charge on any atom is 0.335 e. The summed E-state index contributed by atoms with van der Waals surface area (Å²) in [4.78, 5) is 4.23. The van der Waals surface area contributed by atoms with Crippen LogP contribution in [0.15, 0.2) is 70.6 Å². The summed E-state index contributed by atoms with van der Waals surface area (Å²) in [7, 11) is 0. The van der Waals surface area contributed by atoms with Gasteiger partial charge in [-0.2, -0.15) is 0 Å². The number of hydrogen-bond donors (Lipinski definition) is 1. The molecule has 1 unspecified atom stereocenters. The number of benzene rings is 2. The lowest BCUT2D eigenvalue weighted by Crippen LogP contribution is -2.04. The van der Waals surface area contributed by atoms with Gasteiger partial charge in [0.2, 0.25) is 0 Å². The molecule has 3 rings (SSSR count). The van der Waals surface area contributed by atoms with Crippen molar-refractivity contribution in [3.8, 4) is 6.01 Å². The van der Waals surface area contributed by atoms with Crippen LogP contribution in [0, 0.1) is 0 Å². The lowest BCUT2D eigenvalue weighted by Gasteiger charge is -2.09. The molecule has 1 heterocycles. The van der Waals surface area contributed by atoms with Crippen LogP contribution < -0.4 is 4.74 Å². The van der Waals surface area contributed by atoms with Crippen molar-refractivity contribution in [1.82, 2.24) is 15.2 Å². The molecule has 1 N–H and O–H groups in total. The van der Waals surface area contributed by atoms with E-state index in [1.807, 2.05) is 38.1 Å². The van der Waals surface area contributed by atoms with Gasteiger partial charge >= 0.3 is 6.01 Å². The number of aliphatic hydroxyl groups excluding tert-OH is 1. The average molecular weight is 430 g/mol. The highest BCUT2D eigenvalue weighted by Gasteiger charge is 2.12. The standard InChI is InChI=1S/C22H21Cl2N3O2/c1-3-18(23)21(28)19(24)11-14(2)20-12-25-22(27-26-20)29-13-16-9-6-8-15-7-4-5-10-17(15)16/h4-12,14,28H,3,13H2,1-2H3/b19-11+,21-18-. The van der Waals surface area contributed by atoms with E-state index in [1.165, 1.54) is 0 Å². The van der Waals surface area contributed by atoms with Crippen LogP contribution in [0.5, 0.6) is 6.01 Å². The molecule has 5 nitrogen and oxygen atoms in total. The van der Waals surface area contributed by atoms with Crippen LogP contribution in [0.2, 0.25) is 0 Å². The van der Waals surface area contributed by atoms with Crippen LogP contribution >= 0.6 is 23.2 Å². The molecule has 0 fully saturated rings. The SMILES string of the molecule is CC/C(Cl)=C(O)\C(Cl)=C/C(C)c1cnc(OCc2cccc3ccccc23)nn1. The fraction of sp³-hybridized carbons (Fsp3) is 0.227. The van der Waals surface area contributed by atoms with Gasteiger partial charge in [-0.05, 0) is 22.8 Å². The monoisotopic (exact) mass is 429 g/mol. The van der Waals surface area contributed by atoms with Crippen molar-refractivity contribution < 1.29 is 9.84 Å². The summed E-state index contributed by atoms with van der Waals surface area (Å²) in [6.07, 6.45) is 3.73. The Bertz CT molecular complexity index is 1040. The third kappa shape index (κ3) is 5.25. The number of fused-ring (bicyclic) bond motifs is 1. The van der Waals surface area contributed by atoms with Gasteiger partial charge in [0.1, 0.15) is 12.4 Å². The first-order valence-electron chi connectivity index (χ1n) is 9.24. The second-order valence-electron chi connectivity index (χ2n) is 6.50. The number of hydrogen-bond acceptors (Lipinski definition) is 5. The molecule has 0 aliphatic rings. The molecule has 0 aliphatic heterocycles. The Kier molecular flexibility index (Phi) is 7.07. The zero-order valence-electron chi connectivity index (χ0n) is 16.1. The van der Waals surface area contributed by atoms with Gasteiger partial charge < -0.3 is 9.84 Å². The predicted octanol–water partition coefficient (Wildman–Crippen LogP) is 6.25. The lowest BCUT2D eigenvalue weighted by atomic mass is 10.1. The van der Waals surface area contributed by atoms with Crippen LogP contribution in [0.1, 0.15) is 37.4 Å². The zero-order chi connectivity index (χ0) is 20.8. The smallest absolute Gasteiger partial charge is 0.335 e. The van der Waals surface area contributed by atoms with Crippen molar-refractivity contribution in [3.63, 3.8) is 0 Å². The third-order valence-corrected chi connectivity index (χ3v) is 5.20. The fourth-order valence-electron chi connectivity index (χ4n) is 2.79. The van der Waals surface area contributed by atoms with Crippen LogP contribution in [0.3, 0.4) is 0 Å². The highest BCUT2D eigenvalue weighted by Crippen LogP contribution is 2.25. The van der Waals surface area contributed by atoms with Crippen molar-refractivity contribution in [3.05, 3.63) is 81.8 Å². The molecule has 150 valence electrons. The fourth-order valence-corrected chi connectivity index (χ4v) is 3.24. The molecule has 0 aliphatic carbocycles. The van der Waals surface area contributed by atoms with Gasteiger partial charge in [-0.1, -0.05) is 90.7 Å². The summed E-state index contributed by atoms with van der Waals surface area (Å²) in [5.41, 5.74) is 1.65. The van der Waals surface area contributed by atoms with Crippen LogP contribution in [-0.4, -0.2) is 20.3 Å². The molecular weight excluding hydrogens is 409 g/mol. The van der Waals surface area contributed by atoms with Gasteiger partial charge in [0.25, 0.3) is 0 Å². The van der Waals surface area contributed by atoms with Crippen molar-refractivity contribution in [2.24, 2.45) is 0 Å². The highest BCUT2D eigenvalue weighted by molar-refractivity contribution is 6.35. The summed E-state index contributed by atoms with van der Waals surface area (Å²) in [6.45, 7) is 4.05. The van der Waals surface area contributed by atoms with Gasteiger partial charge in [0, 0.05) is 5.92 Å². The molecule has 29 heavy (non-hydrogen) atoms. The van der Waals surface area contributed by atoms with E-state index >= 15 is 0 Å². The third-order valence-electron chi connectivity index (χ3n) is 4.45. The molecule has 0 amide bonds. The molecule has 0 bridgehead atoms. The first kappa shape index (κ1) is 21.1. The maximum absolute atomic E-state index is 9.96. The molecule has 1 atom stereocenters. The van der Waals surface area contributed by atoms with E-state index in [-0.39, 0.29) is 22.7 Å². The zero-order valence-corrected chi connectivity index (χ0v) is 17.7. The quantitative estimate of drug-likeness (QED) is 0.355. The Morgan fingerprint density at radius 3 is 2.62 bits per heavy atom. The van der Waals surface area contributed by atoms with E-state index < -0.39 is 0 Å². The number of nitrogens with zero attached hydrogens (tertiary/aromatic N) is 3. The van der Waals surface area contributed by atoms with Crippen LogP contribution in [0.25, 0.3) is 10.8 Å². The number of ether oxygens (including phenoxy) is 1. The molecule has 0 spiro atoms. The predicted molar refractivity (Wildman–Crippen MR) is 116 cm³/mol. The Labute approximate surface area is 179 Å². The van der Waals surface area contributed by atoms with Crippen molar-refractivity contribution >= 4 is 34.0 Å². The van der Waals surface area contributed by atoms with Gasteiger partial charge in [0.15, 0.2) is 0 Å². The van der Waals surface area contributed by atoms with E-state index in [0.717, 1.165) is 16.3 Å². The molecule has 3 aromatic rings. The first-order valence-corrected chi connectivity index (χ1v) is 9.99. The Morgan fingerprint density at radius 1 is 1.14 bits per heavy atom. The maximum atomic E-state index is 9.96. The summed E-state index contributed by atoms with van der Waals surface area (Å²) >= 11 is 12.1. The van der Waals surface area contributed by atoms with Crippen LogP contribution in [0.4, 0.5) is 0 Å². The van der Waals surface area contributed by atoms with E-state index in [0.29, 0.717) is 23.8 Å². The van der Waals surface area contributed by atoms with Gasteiger partial charge in [-0.3, -0.25) is 0 Å². The van der Waals surface area contributed by atoms with E-state index in [9.17, 15) is 5.11 Å². The minimum atomic E-state index is -0.210. The number of aromatic nitrogens is 3. The Morgan fingerprint density at radius 2 is 1.90 bits per heavy atom. The van der Waals surface area contributed by atoms with Crippen LogP contribution in [-0.2, 0) is 6.61 Å². The van der Waals surface area contributed by atoms with E-state index in [1.54, 1.807) is 12.3 Å². The number of aliphatic hydroxyl groups is 1. The summed E-state index contributed by atoms with van der Waals surface area (Å²) in [6, 6.07) is 14.4. The van der Waals surface area contributed by atoms with Crippen molar-refractivity contribution in [2.75, 3.05) is 0 Å². The Hall–Kier alpha value is -2.63.